The fourth-order valence-corrected chi connectivity index (χ4v) is 2.12. The van der Waals surface area contributed by atoms with Gasteiger partial charge < -0.3 is 15.4 Å². The second-order valence-corrected chi connectivity index (χ2v) is 4.96. The summed E-state index contributed by atoms with van der Waals surface area (Å²) in [5.41, 5.74) is 5.91. The van der Waals surface area contributed by atoms with Crippen LogP contribution in [0, 0.1) is 5.92 Å². The van der Waals surface area contributed by atoms with Crippen molar-refractivity contribution in [3.63, 3.8) is 0 Å². The van der Waals surface area contributed by atoms with E-state index in [9.17, 15) is 0 Å². The van der Waals surface area contributed by atoms with Gasteiger partial charge in [0.1, 0.15) is 0 Å². The van der Waals surface area contributed by atoms with Gasteiger partial charge in [-0.1, -0.05) is 0 Å². The average molecular weight is 214 g/mol. The molecule has 2 N–H and O–H groups in total. The zero-order valence-corrected chi connectivity index (χ0v) is 10.4. The lowest BCUT2D eigenvalue weighted by molar-refractivity contribution is 0.0498. The van der Waals surface area contributed by atoms with Crippen molar-refractivity contribution in [1.82, 2.24) is 4.90 Å². The molecule has 0 saturated carbocycles. The van der Waals surface area contributed by atoms with Crippen LogP contribution in [0.2, 0.25) is 0 Å². The molecule has 3 nitrogen and oxygen atoms in total. The van der Waals surface area contributed by atoms with Gasteiger partial charge in [0.2, 0.25) is 0 Å². The maximum absolute atomic E-state index is 5.91. The Morgan fingerprint density at radius 1 is 1.27 bits per heavy atom. The van der Waals surface area contributed by atoms with Crippen molar-refractivity contribution >= 4 is 0 Å². The maximum Gasteiger partial charge on any atom is 0.0596 e. The van der Waals surface area contributed by atoms with Crippen LogP contribution < -0.4 is 5.73 Å². The predicted molar refractivity (Wildman–Crippen MR) is 63.9 cm³/mol. The fraction of sp³-hybridized carbons (Fsp3) is 1.00. The monoisotopic (exact) mass is 214 g/mol. The lowest BCUT2D eigenvalue weighted by Crippen LogP contribution is -2.41. The molecule has 0 aromatic heterocycles. The summed E-state index contributed by atoms with van der Waals surface area (Å²) >= 11 is 0. The normalized spacial score (nSPS) is 22.2. The second-order valence-electron chi connectivity index (χ2n) is 4.96. The van der Waals surface area contributed by atoms with E-state index in [0.717, 1.165) is 19.1 Å². The van der Waals surface area contributed by atoms with E-state index in [4.69, 9.17) is 10.5 Å². The molecule has 0 bridgehead atoms. The molecule has 1 aliphatic heterocycles. The Morgan fingerprint density at radius 2 is 1.87 bits per heavy atom. The zero-order chi connectivity index (χ0) is 11.3. The lowest BCUT2D eigenvalue weighted by atomic mass is 9.91. The highest BCUT2D eigenvalue weighted by Gasteiger charge is 2.21. The number of likely N-dealkylation sites (tertiary alicyclic amines) is 1. The molecule has 0 aromatic carbocycles. The van der Waals surface area contributed by atoms with E-state index in [2.05, 4.69) is 25.7 Å². The molecule has 1 atom stereocenters. The highest BCUT2D eigenvalue weighted by molar-refractivity contribution is 4.77. The summed E-state index contributed by atoms with van der Waals surface area (Å²) in [6.07, 6.45) is 2.85. The predicted octanol–water partition coefficient (Wildman–Crippen LogP) is 1.47. The molecule has 3 heteroatoms. The van der Waals surface area contributed by atoms with E-state index in [1.54, 1.807) is 0 Å². The Kier molecular flexibility index (Phi) is 5.58. The minimum absolute atomic E-state index is 0.353. The van der Waals surface area contributed by atoms with Crippen LogP contribution in [0.3, 0.4) is 0 Å². The van der Waals surface area contributed by atoms with Gasteiger partial charge in [-0.05, 0) is 52.6 Å². The highest BCUT2D eigenvalue weighted by atomic mass is 16.5. The minimum Gasteiger partial charge on any atom is -0.377 e. The molecule has 1 fully saturated rings. The quantitative estimate of drug-likeness (QED) is 0.753. The van der Waals surface area contributed by atoms with Crippen LogP contribution in [-0.2, 0) is 4.74 Å². The molecule has 0 aromatic rings. The van der Waals surface area contributed by atoms with Crippen LogP contribution in [-0.4, -0.2) is 43.3 Å². The molecular weight excluding hydrogens is 188 g/mol. The summed E-state index contributed by atoms with van der Waals surface area (Å²) in [7, 11) is 0. The topological polar surface area (TPSA) is 38.5 Å². The van der Waals surface area contributed by atoms with Crippen LogP contribution in [0.5, 0.6) is 0 Å². The van der Waals surface area contributed by atoms with Gasteiger partial charge in [0, 0.05) is 12.6 Å². The van der Waals surface area contributed by atoms with Crippen molar-refractivity contribution in [2.45, 2.75) is 45.8 Å². The summed E-state index contributed by atoms with van der Waals surface area (Å²) in [4.78, 5) is 2.49. The van der Waals surface area contributed by atoms with E-state index < -0.39 is 0 Å². The highest BCUT2D eigenvalue weighted by Crippen LogP contribution is 2.19. The number of hydrogen-bond acceptors (Lipinski definition) is 3. The summed E-state index contributed by atoms with van der Waals surface area (Å²) in [5, 5.41) is 0. The molecule has 0 spiro atoms. The van der Waals surface area contributed by atoms with Crippen LogP contribution in [0.1, 0.15) is 33.6 Å². The molecule has 1 saturated heterocycles. The minimum atomic E-state index is 0.353. The summed E-state index contributed by atoms with van der Waals surface area (Å²) in [5.74, 6) is 0.729. The van der Waals surface area contributed by atoms with Gasteiger partial charge in [-0.25, -0.2) is 0 Å². The molecular formula is C12H26N2O. The van der Waals surface area contributed by atoms with Crippen LogP contribution in [0.4, 0.5) is 0 Å². The lowest BCUT2D eigenvalue weighted by Gasteiger charge is -2.33. The van der Waals surface area contributed by atoms with Crippen LogP contribution in [0.25, 0.3) is 0 Å². The Labute approximate surface area is 94.0 Å². The number of piperidine rings is 1. The van der Waals surface area contributed by atoms with Crippen LogP contribution >= 0.6 is 0 Å². The largest absolute Gasteiger partial charge is 0.377 e. The van der Waals surface area contributed by atoms with Gasteiger partial charge in [-0.2, -0.15) is 0 Å². The maximum atomic E-state index is 5.91. The van der Waals surface area contributed by atoms with E-state index in [-0.39, 0.29) is 0 Å². The van der Waals surface area contributed by atoms with Gasteiger partial charge in [0.25, 0.3) is 0 Å². The third-order valence-electron chi connectivity index (χ3n) is 3.23. The van der Waals surface area contributed by atoms with Gasteiger partial charge in [0.15, 0.2) is 0 Å². The smallest absolute Gasteiger partial charge is 0.0596 e. The third kappa shape index (κ3) is 4.96. The Hall–Kier alpha value is -0.120. The van der Waals surface area contributed by atoms with E-state index in [1.165, 1.54) is 25.9 Å². The Morgan fingerprint density at radius 3 is 2.33 bits per heavy atom. The molecule has 1 heterocycles. The van der Waals surface area contributed by atoms with Crippen molar-refractivity contribution in [3.8, 4) is 0 Å². The molecule has 1 aliphatic rings. The number of nitrogens with two attached hydrogens (primary N) is 1. The molecule has 0 aliphatic carbocycles. The standard InChI is InChI=1S/C12H26N2O/c1-10(2)15-9-8-14-6-4-12(5-7-14)11(3)13/h10-12H,4-9,13H2,1-3H3. The first kappa shape index (κ1) is 12.9. The van der Waals surface area contributed by atoms with Gasteiger partial charge in [-0.3, -0.25) is 0 Å². The van der Waals surface area contributed by atoms with Crippen molar-refractivity contribution in [2.24, 2.45) is 11.7 Å². The first-order valence-corrected chi connectivity index (χ1v) is 6.19. The number of hydrogen-bond donors (Lipinski definition) is 1. The first-order chi connectivity index (χ1) is 7.09. The first-order valence-electron chi connectivity index (χ1n) is 6.19. The zero-order valence-electron chi connectivity index (χ0n) is 10.4. The summed E-state index contributed by atoms with van der Waals surface area (Å²) in [6.45, 7) is 10.6. The van der Waals surface area contributed by atoms with Gasteiger partial charge >= 0.3 is 0 Å². The SMILES string of the molecule is CC(C)OCCN1CCC(C(C)N)CC1. The van der Waals surface area contributed by atoms with Crippen molar-refractivity contribution < 1.29 is 4.74 Å². The van der Waals surface area contributed by atoms with Gasteiger partial charge in [-0.15, -0.1) is 0 Å². The van der Waals surface area contributed by atoms with Gasteiger partial charge in [0.05, 0.1) is 12.7 Å². The van der Waals surface area contributed by atoms with E-state index >= 15 is 0 Å². The number of ether oxygens (including phenoxy) is 1. The summed E-state index contributed by atoms with van der Waals surface area (Å²) in [6, 6.07) is 0.360. The van der Waals surface area contributed by atoms with E-state index in [1.807, 2.05) is 0 Å². The Bertz CT molecular complexity index is 160. The molecule has 0 radical (unpaired) electrons. The molecule has 90 valence electrons. The second kappa shape index (κ2) is 6.46. The third-order valence-corrected chi connectivity index (χ3v) is 3.23. The molecule has 1 unspecified atom stereocenters. The molecule has 1 rings (SSSR count). The fourth-order valence-electron chi connectivity index (χ4n) is 2.12. The summed E-state index contributed by atoms with van der Waals surface area (Å²) < 4.78 is 5.55. The van der Waals surface area contributed by atoms with Crippen molar-refractivity contribution in [3.05, 3.63) is 0 Å². The number of nitrogens with zero attached hydrogens (tertiary/aromatic N) is 1. The molecule has 15 heavy (non-hydrogen) atoms. The molecule has 0 amide bonds. The average Bonchev–Trinajstić information content (AvgIpc) is 2.18. The van der Waals surface area contributed by atoms with Crippen LogP contribution in [0.15, 0.2) is 0 Å². The van der Waals surface area contributed by atoms with Crippen molar-refractivity contribution in [2.75, 3.05) is 26.2 Å². The number of rotatable bonds is 5. The Balaban J connectivity index is 2.09. The van der Waals surface area contributed by atoms with E-state index in [0.29, 0.717) is 12.1 Å². The van der Waals surface area contributed by atoms with Crippen molar-refractivity contribution in [1.29, 1.82) is 0 Å².